The van der Waals surface area contributed by atoms with E-state index >= 15 is 0 Å². The summed E-state index contributed by atoms with van der Waals surface area (Å²) in [6.45, 7) is 9.43. The number of hydrogen-bond donors (Lipinski definition) is 0. The Morgan fingerprint density at radius 3 is 2.40 bits per heavy atom. The Morgan fingerprint density at radius 1 is 1.60 bits per heavy atom. The van der Waals surface area contributed by atoms with Gasteiger partial charge in [0.15, 0.2) is 0 Å². The van der Waals surface area contributed by atoms with E-state index in [4.69, 9.17) is 0 Å². The highest BCUT2D eigenvalue weighted by Crippen LogP contribution is 2.19. The maximum atomic E-state index is 11.2. The minimum atomic E-state index is -0.323. The molecule has 0 bridgehead atoms. The Morgan fingerprint density at radius 2 is 2.10 bits per heavy atom. The molecule has 0 aromatic carbocycles. The first-order valence-corrected chi connectivity index (χ1v) is 3.71. The Labute approximate surface area is 63.1 Å². The Kier molecular flexibility index (Phi) is 3.34. The van der Waals surface area contributed by atoms with Crippen molar-refractivity contribution in [3.05, 3.63) is 12.7 Å². The average molecular weight is 140 g/mol. The summed E-state index contributed by atoms with van der Waals surface area (Å²) in [5, 5.41) is 0. The third-order valence-corrected chi connectivity index (χ3v) is 1.71. The molecule has 0 unspecified atom stereocenters. The van der Waals surface area contributed by atoms with Crippen molar-refractivity contribution in [2.75, 3.05) is 0 Å². The van der Waals surface area contributed by atoms with Crippen LogP contribution in [0.15, 0.2) is 12.7 Å². The van der Waals surface area contributed by atoms with Crippen molar-refractivity contribution in [3.63, 3.8) is 0 Å². The molecule has 0 rings (SSSR count). The van der Waals surface area contributed by atoms with Gasteiger partial charge >= 0.3 is 0 Å². The van der Waals surface area contributed by atoms with E-state index in [0.717, 1.165) is 6.42 Å². The van der Waals surface area contributed by atoms with Gasteiger partial charge in [0.25, 0.3) is 0 Å². The van der Waals surface area contributed by atoms with Crippen LogP contribution < -0.4 is 0 Å². The maximum absolute atomic E-state index is 11.2. The van der Waals surface area contributed by atoms with E-state index in [1.54, 1.807) is 6.08 Å². The number of Topliss-reactive ketones (excluding diaryl/α,β-unsaturated/α-hetero) is 1. The van der Waals surface area contributed by atoms with Crippen LogP contribution in [0.2, 0.25) is 0 Å². The Hall–Kier alpha value is -0.590. The minimum Gasteiger partial charge on any atom is -0.299 e. The molecule has 0 saturated carbocycles. The van der Waals surface area contributed by atoms with Crippen molar-refractivity contribution in [1.82, 2.24) is 0 Å². The average Bonchev–Trinajstić information content (AvgIpc) is 1.89. The number of allylic oxidation sites excluding steroid dienone is 1. The predicted molar refractivity (Wildman–Crippen MR) is 43.9 cm³/mol. The van der Waals surface area contributed by atoms with Gasteiger partial charge in [-0.1, -0.05) is 13.0 Å². The van der Waals surface area contributed by atoms with Crippen LogP contribution in [0.3, 0.4) is 0 Å². The van der Waals surface area contributed by atoms with E-state index in [1.165, 1.54) is 0 Å². The number of carbonyl (C=O) groups is 1. The second-order valence-electron chi connectivity index (χ2n) is 3.10. The number of ketones is 1. The van der Waals surface area contributed by atoms with Crippen molar-refractivity contribution in [2.24, 2.45) is 5.41 Å². The first kappa shape index (κ1) is 9.41. The summed E-state index contributed by atoms with van der Waals surface area (Å²) < 4.78 is 0. The zero-order valence-electron chi connectivity index (χ0n) is 7.11. The Balaban J connectivity index is 4.04. The molecule has 0 atom stereocenters. The third kappa shape index (κ3) is 2.34. The number of carbonyl (C=O) groups excluding carboxylic acids is 1. The molecule has 10 heavy (non-hydrogen) atoms. The van der Waals surface area contributed by atoms with Crippen molar-refractivity contribution >= 4 is 5.78 Å². The largest absolute Gasteiger partial charge is 0.299 e. The quantitative estimate of drug-likeness (QED) is 0.548. The summed E-state index contributed by atoms with van der Waals surface area (Å²) in [4.78, 5) is 11.2. The molecular formula is C9H16O. The van der Waals surface area contributed by atoms with E-state index in [9.17, 15) is 4.79 Å². The first-order chi connectivity index (χ1) is 4.54. The molecule has 1 heteroatoms. The van der Waals surface area contributed by atoms with Gasteiger partial charge in [-0.05, 0) is 20.3 Å². The molecule has 0 aliphatic heterocycles. The molecule has 0 aromatic heterocycles. The van der Waals surface area contributed by atoms with Gasteiger partial charge in [0.2, 0.25) is 0 Å². The second kappa shape index (κ2) is 3.55. The van der Waals surface area contributed by atoms with Gasteiger partial charge in [-0.15, -0.1) is 6.58 Å². The highest BCUT2D eigenvalue weighted by Gasteiger charge is 2.21. The standard InChI is InChI=1S/C9H16O/c1-5-7-8(10)9(3,4)6-2/h6H,2,5,7H2,1,3-4H3. The smallest absolute Gasteiger partial charge is 0.142 e. The number of rotatable bonds is 4. The summed E-state index contributed by atoms with van der Waals surface area (Å²) in [6.07, 6.45) is 3.31. The van der Waals surface area contributed by atoms with Gasteiger partial charge in [0.1, 0.15) is 5.78 Å². The zero-order valence-corrected chi connectivity index (χ0v) is 7.11. The summed E-state index contributed by atoms with van der Waals surface area (Å²) in [5.41, 5.74) is -0.323. The molecule has 1 nitrogen and oxygen atoms in total. The monoisotopic (exact) mass is 140 g/mol. The highest BCUT2D eigenvalue weighted by atomic mass is 16.1. The van der Waals surface area contributed by atoms with Crippen LogP contribution in [0.1, 0.15) is 33.6 Å². The molecule has 0 saturated heterocycles. The molecular weight excluding hydrogens is 124 g/mol. The summed E-state index contributed by atoms with van der Waals surface area (Å²) in [7, 11) is 0. The lowest BCUT2D eigenvalue weighted by molar-refractivity contribution is -0.124. The fourth-order valence-electron chi connectivity index (χ4n) is 0.663. The fraction of sp³-hybridized carbons (Fsp3) is 0.667. The van der Waals surface area contributed by atoms with E-state index in [2.05, 4.69) is 6.58 Å². The van der Waals surface area contributed by atoms with Gasteiger partial charge in [0, 0.05) is 11.8 Å². The van der Waals surface area contributed by atoms with Crippen molar-refractivity contribution in [2.45, 2.75) is 33.6 Å². The van der Waals surface area contributed by atoms with Crippen LogP contribution in [0.4, 0.5) is 0 Å². The van der Waals surface area contributed by atoms with E-state index < -0.39 is 0 Å². The van der Waals surface area contributed by atoms with Crippen LogP contribution in [-0.4, -0.2) is 5.78 Å². The lowest BCUT2D eigenvalue weighted by Gasteiger charge is -2.16. The van der Waals surface area contributed by atoms with Gasteiger partial charge in [-0.3, -0.25) is 4.79 Å². The second-order valence-corrected chi connectivity index (χ2v) is 3.10. The molecule has 0 aliphatic rings. The van der Waals surface area contributed by atoms with Gasteiger partial charge < -0.3 is 0 Å². The lowest BCUT2D eigenvalue weighted by atomic mass is 9.86. The molecule has 0 spiro atoms. The van der Waals surface area contributed by atoms with Gasteiger partial charge in [-0.25, -0.2) is 0 Å². The molecule has 0 fully saturated rings. The molecule has 0 N–H and O–H groups in total. The third-order valence-electron chi connectivity index (χ3n) is 1.71. The SMILES string of the molecule is C=CC(C)(C)C(=O)CCC. The highest BCUT2D eigenvalue weighted by molar-refractivity contribution is 5.85. The summed E-state index contributed by atoms with van der Waals surface area (Å²) in [6, 6.07) is 0. The summed E-state index contributed by atoms with van der Waals surface area (Å²) in [5.74, 6) is 0.282. The molecule has 0 aromatic rings. The van der Waals surface area contributed by atoms with Crippen LogP contribution in [0.25, 0.3) is 0 Å². The van der Waals surface area contributed by atoms with E-state index in [0.29, 0.717) is 6.42 Å². The fourth-order valence-corrected chi connectivity index (χ4v) is 0.663. The zero-order chi connectivity index (χ0) is 8.20. The van der Waals surface area contributed by atoms with Crippen molar-refractivity contribution in [3.8, 4) is 0 Å². The van der Waals surface area contributed by atoms with Gasteiger partial charge in [-0.2, -0.15) is 0 Å². The Bertz CT molecular complexity index is 134. The van der Waals surface area contributed by atoms with Crippen LogP contribution in [0.5, 0.6) is 0 Å². The normalized spacial score (nSPS) is 11.1. The maximum Gasteiger partial charge on any atom is 0.142 e. The summed E-state index contributed by atoms with van der Waals surface area (Å²) >= 11 is 0. The molecule has 0 aliphatic carbocycles. The van der Waals surface area contributed by atoms with Crippen molar-refractivity contribution in [1.29, 1.82) is 0 Å². The van der Waals surface area contributed by atoms with Crippen molar-refractivity contribution < 1.29 is 4.79 Å². The molecule has 0 radical (unpaired) electrons. The minimum absolute atomic E-state index is 0.282. The first-order valence-electron chi connectivity index (χ1n) is 3.71. The molecule has 0 heterocycles. The van der Waals surface area contributed by atoms with Crippen LogP contribution in [0, 0.1) is 5.41 Å². The van der Waals surface area contributed by atoms with Crippen LogP contribution >= 0.6 is 0 Å². The topological polar surface area (TPSA) is 17.1 Å². The van der Waals surface area contributed by atoms with Crippen LogP contribution in [-0.2, 0) is 4.79 Å². The predicted octanol–water partition coefficient (Wildman–Crippen LogP) is 2.57. The van der Waals surface area contributed by atoms with Gasteiger partial charge in [0.05, 0.1) is 0 Å². The van der Waals surface area contributed by atoms with E-state index in [-0.39, 0.29) is 11.2 Å². The molecule has 0 amide bonds. The molecule has 58 valence electrons. The lowest BCUT2D eigenvalue weighted by Crippen LogP contribution is -2.20. The van der Waals surface area contributed by atoms with E-state index in [1.807, 2.05) is 20.8 Å². The number of hydrogen-bond acceptors (Lipinski definition) is 1.